The molecule has 0 fully saturated rings. The summed E-state index contributed by atoms with van der Waals surface area (Å²) in [6, 6.07) is -0.714. The highest BCUT2D eigenvalue weighted by atomic mass is 16.5. The molecule has 0 heterocycles. The topological polar surface area (TPSA) is 95.9 Å². The number of hydrogen-bond donors (Lipinski definition) is 3. The van der Waals surface area contributed by atoms with Crippen LogP contribution in [0.1, 0.15) is 239 Å². The molecule has 0 aromatic carbocycles. The minimum absolute atomic E-state index is 0.0488. The van der Waals surface area contributed by atoms with Crippen LogP contribution in [0.25, 0.3) is 0 Å². The number of nitrogens with one attached hydrogen (secondary N) is 1. The van der Waals surface area contributed by atoms with Gasteiger partial charge >= 0.3 is 5.97 Å². The van der Waals surface area contributed by atoms with Crippen molar-refractivity contribution in [3.8, 4) is 0 Å². The summed E-state index contributed by atoms with van der Waals surface area (Å²) < 4.78 is 5.89. The largest absolute Gasteiger partial charge is 0.462 e. The number of allylic oxidation sites excluding steroid dienone is 8. The van der Waals surface area contributed by atoms with E-state index in [1.165, 1.54) is 109 Å². The third kappa shape index (κ3) is 40.4. The zero-order valence-corrected chi connectivity index (χ0v) is 37.7. The van der Waals surface area contributed by atoms with Crippen molar-refractivity contribution in [2.24, 2.45) is 0 Å². The molecular formula is C51H93NO5. The Labute approximate surface area is 353 Å². The molecule has 0 saturated heterocycles. The van der Waals surface area contributed by atoms with E-state index in [0.29, 0.717) is 19.3 Å². The third-order valence-corrected chi connectivity index (χ3v) is 11.0. The van der Waals surface area contributed by atoms with Crippen molar-refractivity contribution in [1.82, 2.24) is 5.32 Å². The fourth-order valence-electron chi connectivity index (χ4n) is 7.25. The van der Waals surface area contributed by atoms with E-state index in [2.05, 4.69) is 62.5 Å². The minimum Gasteiger partial charge on any atom is -0.462 e. The lowest BCUT2D eigenvalue weighted by atomic mass is 10.0. The fourth-order valence-corrected chi connectivity index (χ4v) is 7.25. The Morgan fingerprint density at radius 1 is 0.526 bits per heavy atom. The minimum atomic E-state index is -0.798. The molecule has 3 N–H and O–H groups in total. The number of unbranched alkanes of at least 4 members (excludes halogenated alkanes) is 25. The Balaban J connectivity index is 4.60. The standard InChI is InChI=1S/C51H93NO5/c1-4-7-10-13-16-19-22-24-26-29-32-35-38-41-44-51(56)57-47(42-39-36-33-30-27-21-18-15-12-9-6-3)45-50(55)52-48(46-53)49(54)43-40-37-34-31-28-25-23-20-17-14-11-8-5-2/h9,12,15,18,21,26-27,29,47-49,53-54H,4-8,10-11,13-14,16-17,19-20,22-25,28,30-46H2,1-3H3,(H,52,55)/b12-9+,18-15+,27-21-,29-26-. The molecule has 1 amide bonds. The predicted molar refractivity (Wildman–Crippen MR) is 245 cm³/mol. The molecule has 0 spiro atoms. The monoisotopic (exact) mass is 800 g/mol. The Hall–Kier alpha value is -2.18. The zero-order chi connectivity index (χ0) is 41.7. The van der Waals surface area contributed by atoms with Crippen LogP contribution in [0.15, 0.2) is 48.6 Å². The highest BCUT2D eigenvalue weighted by Gasteiger charge is 2.24. The molecule has 0 rings (SSSR count). The van der Waals surface area contributed by atoms with Gasteiger partial charge in [-0.1, -0.05) is 204 Å². The van der Waals surface area contributed by atoms with E-state index in [1.807, 2.05) is 12.2 Å². The molecule has 0 aliphatic heterocycles. The van der Waals surface area contributed by atoms with Crippen LogP contribution in [0.2, 0.25) is 0 Å². The van der Waals surface area contributed by atoms with Crippen LogP contribution in [-0.4, -0.2) is 46.9 Å². The molecule has 0 radical (unpaired) electrons. The lowest BCUT2D eigenvalue weighted by Crippen LogP contribution is -2.46. The molecule has 3 atom stereocenters. The summed E-state index contributed by atoms with van der Waals surface area (Å²) in [5.74, 6) is -0.526. The maximum absolute atomic E-state index is 13.1. The molecule has 6 heteroatoms. The molecule has 0 aliphatic rings. The van der Waals surface area contributed by atoms with Crippen molar-refractivity contribution in [2.75, 3.05) is 6.61 Å². The molecule has 0 aromatic heterocycles. The molecule has 57 heavy (non-hydrogen) atoms. The number of hydrogen-bond acceptors (Lipinski definition) is 5. The summed E-state index contributed by atoms with van der Waals surface area (Å²) in [5.41, 5.74) is 0. The van der Waals surface area contributed by atoms with Gasteiger partial charge in [0.2, 0.25) is 5.91 Å². The molecule has 0 aromatic rings. The molecule has 0 bridgehead atoms. The van der Waals surface area contributed by atoms with Crippen molar-refractivity contribution in [1.29, 1.82) is 0 Å². The van der Waals surface area contributed by atoms with Gasteiger partial charge < -0.3 is 20.3 Å². The van der Waals surface area contributed by atoms with Crippen molar-refractivity contribution < 1.29 is 24.5 Å². The first-order valence-electron chi connectivity index (χ1n) is 24.4. The molecule has 332 valence electrons. The average molecular weight is 800 g/mol. The van der Waals surface area contributed by atoms with Crippen LogP contribution in [0.5, 0.6) is 0 Å². The number of amides is 1. The SMILES string of the molecule is CC/C=C/C=C/C=C\CCCCCC(CC(=O)NC(CO)C(O)CCCCCCCCCCCCCCC)OC(=O)CCCCC/C=C\CCCCCCCCC. The van der Waals surface area contributed by atoms with E-state index < -0.39 is 18.2 Å². The van der Waals surface area contributed by atoms with Gasteiger partial charge in [0.1, 0.15) is 6.10 Å². The fraction of sp³-hybridized carbons (Fsp3) is 0.804. The Morgan fingerprint density at radius 2 is 0.965 bits per heavy atom. The number of esters is 1. The van der Waals surface area contributed by atoms with E-state index in [0.717, 1.165) is 83.5 Å². The van der Waals surface area contributed by atoms with E-state index in [9.17, 15) is 19.8 Å². The number of aliphatic hydroxyl groups excluding tert-OH is 2. The van der Waals surface area contributed by atoms with Crippen molar-refractivity contribution >= 4 is 11.9 Å². The number of carbonyl (C=O) groups excluding carboxylic acids is 2. The second-order valence-electron chi connectivity index (χ2n) is 16.5. The van der Waals surface area contributed by atoms with E-state index in [1.54, 1.807) is 0 Å². The number of ether oxygens (including phenoxy) is 1. The first-order valence-corrected chi connectivity index (χ1v) is 24.4. The highest BCUT2D eigenvalue weighted by Crippen LogP contribution is 2.17. The van der Waals surface area contributed by atoms with Gasteiger partial charge in [0.25, 0.3) is 0 Å². The summed E-state index contributed by atoms with van der Waals surface area (Å²) in [5, 5.41) is 23.7. The summed E-state index contributed by atoms with van der Waals surface area (Å²) >= 11 is 0. The molecule has 3 unspecified atom stereocenters. The summed E-state index contributed by atoms with van der Waals surface area (Å²) in [7, 11) is 0. The smallest absolute Gasteiger partial charge is 0.306 e. The van der Waals surface area contributed by atoms with Crippen LogP contribution >= 0.6 is 0 Å². The third-order valence-electron chi connectivity index (χ3n) is 11.0. The van der Waals surface area contributed by atoms with Gasteiger partial charge in [-0.05, 0) is 70.6 Å². The zero-order valence-electron chi connectivity index (χ0n) is 37.7. The summed E-state index contributed by atoms with van der Waals surface area (Å²) in [6.07, 6.45) is 53.2. The van der Waals surface area contributed by atoms with Crippen LogP contribution in [0.3, 0.4) is 0 Å². The number of rotatable bonds is 43. The van der Waals surface area contributed by atoms with Crippen LogP contribution < -0.4 is 5.32 Å². The quantitative estimate of drug-likeness (QED) is 0.0247. The van der Waals surface area contributed by atoms with Gasteiger partial charge in [0.05, 0.1) is 25.2 Å². The van der Waals surface area contributed by atoms with Crippen LogP contribution in [0.4, 0.5) is 0 Å². The van der Waals surface area contributed by atoms with E-state index >= 15 is 0 Å². The Morgan fingerprint density at radius 3 is 1.49 bits per heavy atom. The second-order valence-corrected chi connectivity index (χ2v) is 16.5. The van der Waals surface area contributed by atoms with Crippen molar-refractivity contribution in [3.63, 3.8) is 0 Å². The molecule has 0 aliphatic carbocycles. The number of aliphatic hydroxyl groups is 2. The first-order chi connectivity index (χ1) is 28.0. The van der Waals surface area contributed by atoms with Gasteiger partial charge in [0, 0.05) is 6.42 Å². The molecular weight excluding hydrogens is 707 g/mol. The summed E-state index contributed by atoms with van der Waals surface area (Å²) in [4.78, 5) is 26.0. The van der Waals surface area contributed by atoms with Gasteiger partial charge in [0.15, 0.2) is 0 Å². The lowest BCUT2D eigenvalue weighted by Gasteiger charge is -2.24. The van der Waals surface area contributed by atoms with Crippen molar-refractivity contribution in [3.05, 3.63) is 48.6 Å². The van der Waals surface area contributed by atoms with Crippen LogP contribution in [-0.2, 0) is 14.3 Å². The predicted octanol–water partition coefficient (Wildman–Crippen LogP) is 14.3. The van der Waals surface area contributed by atoms with E-state index in [4.69, 9.17) is 4.74 Å². The van der Waals surface area contributed by atoms with Crippen molar-refractivity contribution in [2.45, 2.75) is 257 Å². The summed E-state index contributed by atoms with van der Waals surface area (Å²) in [6.45, 7) is 6.33. The van der Waals surface area contributed by atoms with Crippen LogP contribution in [0, 0.1) is 0 Å². The van der Waals surface area contributed by atoms with Gasteiger partial charge in [-0.15, -0.1) is 0 Å². The highest BCUT2D eigenvalue weighted by molar-refractivity contribution is 5.77. The molecule has 6 nitrogen and oxygen atoms in total. The maximum Gasteiger partial charge on any atom is 0.306 e. The second kappa shape index (κ2) is 44.9. The number of carbonyl (C=O) groups is 2. The van der Waals surface area contributed by atoms with E-state index in [-0.39, 0.29) is 24.9 Å². The molecule has 0 saturated carbocycles. The Kier molecular flexibility index (Phi) is 43.2. The normalized spacial score (nSPS) is 13.7. The van der Waals surface area contributed by atoms with Gasteiger partial charge in [-0.2, -0.15) is 0 Å². The first kappa shape index (κ1) is 54.8. The maximum atomic E-state index is 13.1. The Bertz CT molecular complexity index is 988. The lowest BCUT2D eigenvalue weighted by molar-refractivity contribution is -0.151. The van der Waals surface area contributed by atoms with Gasteiger partial charge in [-0.25, -0.2) is 0 Å². The van der Waals surface area contributed by atoms with Gasteiger partial charge in [-0.3, -0.25) is 9.59 Å². The average Bonchev–Trinajstić information content (AvgIpc) is 3.20.